The van der Waals surface area contributed by atoms with E-state index in [0.29, 0.717) is 17.9 Å². The number of nitrogens with zero attached hydrogens (tertiary/aromatic N) is 3. The summed E-state index contributed by atoms with van der Waals surface area (Å²) in [7, 11) is -3.46. The number of halogens is 1. The molecule has 0 atom stereocenters. The van der Waals surface area contributed by atoms with Gasteiger partial charge in [-0.05, 0) is 49.9 Å². The SMILES string of the molecule is CC(C)OC(=O)c1cnc(Cl)nc1Nc1cccc2c1N(S(C)(=O)=O)CCC2. The molecule has 1 aromatic heterocycles. The fourth-order valence-corrected chi connectivity index (χ4v) is 4.20. The number of nitrogens with one attached hydrogen (secondary N) is 1. The number of benzene rings is 1. The highest BCUT2D eigenvalue weighted by atomic mass is 35.5. The number of esters is 1. The molecule has 1 aliphatic rings. The van der Waals surface area contributed by atoms with Crippen LogP contribution in [0.25, 0.3) is 0 Å². The van der Waals surface area contributed by atoms with Gasteiger partial charge in [0.25, 0.3) is 0 Å². The molecule has 0 bridgehead atoms. The van der Waals surface area contributed by atoms with Crippen molar-refractivity contribution < 1.29 is 17.9 Å². The number of carbonyl (C=O) groups is 1. The molecule has 8 nitrogen and oxygen atoms in total. The van der Waals surface area contributed by atoms with Crippen LogP contribution in [0.15, 0.2) is 24.4 Å². The molecule has 0 fully saturated rings. The number of anilines is 3. The lowest BCUT2D eigenvalue weighted by Gasteiger charge is -2.31. The summed E-state index contributed by atoms with van der Waals surface area (Å²) < 4.78 is 31.2. The second-order valence-electron chi connectivity index (χ2n) is 6.73. The van der Waals surface area contributed by atoms with Crippen molar-refractivity contribution in [3.05, 3.63) is 40.8 Å². The molecule has 28 heavy (non-hydrogen) atoms. The van der Waals surface area contributed by atoms with E-state index in [9.17, 15) is 13.2 Å². The van der Waals surface area contributed by atoms with Crippen LogP contribution in [0.1, 0.15) is 36.2 Å². The molecule has 3 rings (SSSR count). The minimum absolute atomic E-state index is 0.0478. The Morgan fingerprint density at radius 2 is 2.11 bits per heavy atom. The van der Waals surface area contributed by atoms with Gasteiger partial charge in [-0.2, -0.15) is 4.98 Å². The highest BCUT2D eigenvalue weighted by molar-refractivity contribution is 7.92. The van der Waals surface area contributed by atoms with Gasteiger partial charge in [0.15, 0.2) is 0 Å². The third kappa shape index (κ3) is 4.36. The number of aromatic nitrogens is 2. The monoisotopic (exact) mass is 424 g/mol. The number of hydrogen-bond acceptors (Lipinski definition) is 7. The minimum Gasteiger partial charge on any atom is -0.459 e. The van der Waals surface area contributed by atoms with Crippen molar-refractivity contribution in [1.82, 2.24) is 9.97 Å². The first-order valence-electron chi connectivity index (χ1n) is 8.77. The lowest BCUT2D eigenvalue weighted by atomic mass is 10.0. The van der Waals surface area contributed by atoms with Crippen molar-refractivity contribution in [3.63, 3.8) is 0 Å². The van der Waals surface area contributed by atoms with E-state index in [-0.39, 0.29) is 22.8 Å². The number of fused-ring (bicyclic) bond motifs is 1. The summed E-state index contributed by atoms with van der Waals surface area (Å²) in [5.41, 5.74) is 2.07. The summed E-state index contributed by atoms with van der Waals surface area (Å²) in [6.07, 6.45) is 3.62. The number of carbonyl (C=O) groups excluding carboxylic acids is 1. The Morgan fingerprint density at radius 3 is 2.79 bits per heavy atom. The van der Waals surface area contributed by atoms with Crippen LogP contribution < -0.4 is 9.62 Å². The molecule has 0 saturated heterocycles. The van der Waals surface area contributed by atoms with Gasteiger partial charge in [-0.1, -0.05) is 12.1 Å². The lowest BCUT2D eigenvalue weighted by Crippen LogP contribution is -2.35. The van der Waals surface area contributed by atoms with Crippen molar-refractivity contribution in [1.29, 1.82) is 0 Å². The molecule has 1 N–H and O–H groups in total. The van der Waals surface area contributed by atoms with Crippen LogP contribution in [0, 0.1) is 0 Å². The van der Waals surface area contributed by atoms with Crippen LogP contribution in [0.5, 0.6) is 0 Å². The minimum atomic E-state index is -3.46. The number of aryl methyl sites for hydroxylation is 1. The zero-order chi connectivity index (χ0) is 20.5. The molecule has 0 amide bonds. The van der Waals surface area contributed by atoms with Crippen LogP contribution in [0.2, 0.25) is 5.28 Å². The van der Waals surface area contributed by atoms with Crippen LogP contribution in [-0.4, -0.2) is 43.3 Å². The summed E-state index contributed by atoms with van der Waals surface area (Å²) >= 11 is 5.92. The maximum atomic E-state index is 12.4. The maximum absolute atomic E-state index is 12.4. The van der Waals surface area contributed by atoms with Crippen molar-refractivity contribution in [3.8, 4) is 0 Å². The van der Waals surface area contributed by atoms with Crippen molar-refractivity contribution in [2.45, 2.75) is 32.8 Å². The van der Waals surface area contributed by atoms with Crippen LogP contribution >= 0.6 is 11.6 Å². The van der Waals surface area contributed by atoms with Gasteiger partial charge in [-0.3, -0.25) is 4.31 Å². The predicted molar refractivity (Wildman–Crippen MR) is 108 cm³/mol. The third-order valence-electron chi connectivity index (χ3n) is 4.15. The summed E-state index contributed by atoms with van der Waals surface area (Å²) in [5, 5.41) is 3.01. The zero-order valence-corrected chi connectivity index (χ0v) is 17.3. The summed E-state index contributed by atoms with van der Waals surface area (Å²) in [6.45, 7) is 3.86. The van der Waals surface area contributed by atoms with Gasteiger partial charge >= 0.3 is 5.97 Å². The Hall–Kier alpha value is -2.39. The number of sulfonamides is 1. The van der Waals surface area contributed by atoms with E-state index < -0.39 is 16.0 Å². The first kappa shape index (κ1) is 20.3. The van der Waals surface area contributed by atoms with Crippen molar-refractivity contribution in [2.24, 2.45) is 0 Å². The van der Waals surface area contributed by atoms with Gasteiger partial charge < -0.3 is 10.1 Å². The molecule has 0 aliphatic carbocycles. The lowest BCUT2D eigenvalue weighted by molar-refractivity contribution is 0.0378. The second kappa shape index (κ2) is 7.92. The average Bonchev–Trinajstić information content (AvgIpc) is 2.60. The van der Waals surface area contributed by atoms with E-state index in [1.54, 1.807) is 19.9 Å². The third-order valence-corrected chi connectivity index (χ3v) is 5.50. The topological polar surface area (TPSA) is 101 Å². The Labute approximate surface area is 168 Å². The molecule has 2 aromatic rings. The van der Waals surface area contributed by atoms with Crippen molar-refractivity contribution >= 4 is 44.8 Å². The van der Waals surface area contributed by atoms with E-state index in [1.807, 2.05) is 12.1 Å². The smallest absolute Gasteiger partial charge is 0.343 e. The van der Waals surface area contributed by atoms with Crippen LogP contribution in [-0.2, 0) is 21.2 Å². The number of hydrogen-bond donors (Lipinski definition) is 1. The van der Waals surface area contributed by atoms with E-state index in [1.165, 1.54) is 16.8 Å². The van der Waals surface area contributed by atoms with E-state index in [2.05, 4.69) is 15.3 Å². The molecule has 1 aromatic carbocycles. The number of para-hydroxylation sites is 1. The van der Waals surface area contributed by atoms with Gasteiger partial charge in [-0.15, -0.1) is 0 Å². The summed E-state index contributed by atoms with van der Waals surface area (Å²) in [5.74, 6) is -0.447. The number of ether oxygens (including phenoxy) is 1. The molecular weight excluding hydrogens is 404 g/mol. The molecule has 0 unspecified atom stereocenters. The Kier molecular flexibility index (Phi) is 5.76. The molecule has 1 aliphatic heterocycles. The molecule has 150 valence electrons. The van der Waals surface area contributed by atoms with Crippen molar-refractivity contribution in [2.75, 3.05) is 22.4 Å². The standard InChI is InChI=1S/C18H21ClN4O4S/c1-11(2)27-17(24)13-10-20-18(19)22-16(13)21-14-8-4-6-12-7-5-9-23(15(12)14)28(3,25)26/h4,6,8,10-11H,5,7,9H2,1-3H3,(H,20,21,22). The molecular formula is C18H21ClN4O4S. The maximum Gasteiger partial charge on any atom is 0.343 e. The predicted octanol–water partition coefficient (Wildman–Crippen LogP) is 3.15. The highest BCUT2D eigenvalue weighted by Gasteiger charge is 2.27. The first-order valence-corrected chi connectivity index (χ1v) is 11.0. The number of rotatable bonds is 5. The average molecular weight is 425 g/mol. The van der Waals surface area contributed by atoms with Crippen LogP contribution in [0.4, 0.5) is 17.2 Å². The van der Waals surface area contributed by atoms with E-state index in [0.717, 1.165) is 18.4 Å². The van der Waals surface area contributed by atoms with Gasteiger partial charge in [0.2, 0.25) is 15.3 Å². The van der Waals surface area contributed by atoms with Crippen LogP contribution in [0.3, 0.4) is 0 Å². The van der Waals surface area contributed by atoms with Gasteiger partial charge in [0, 0.05) is 12.7 Å². The largest absolute Gasteiger partial charge is 0.459 e. The highest BCUT2D eigenvalue weighted by Crippen LogP contribution is 2.37. The summed E-state index contributed by atoms with van der Waals surface area (Å²) in [4.78, 5) is 20.4. The molecule has 0 saturated carbocycles. The van der Waals surface area contributed by atoms with Gasteiger partial charge in [0.1, 0.15) is 11.4 Å². The fourth-order valence-electron chi connectivity index (χ4n) is 3.06. The quantitative estimate of drug-likeness (QED) is 0.581. The fraction of sp³-hybridized carbons (Fsp3) is 0.389. The molecule has 2 heterocycles. The summed E-state index contributed by atoms with van der Waals surface area (Å²) in [6, 6.07) is 5.44. The molecule has 0 spiro atoms. The Morgan fingerprint density at radius 1 is 1.36 bits per heavy atom. The molecule has 0 radical (unpaired) electrons. The van der Waals surface area contributed by atoms with Gasteiger partial charge in [0.05, 0.1) is 23.7 Å². The zero-order valence-electron chi connectivity index (χ0n) is 15.8. The van der Waals surface area contributed by atoms with E-state index >= 15 is 0 Å². The normalized spacial score (nSPS) is 14.0. The first-order chi connectivity index (χ1) is 13.2. The Balaban J connectivity index is 2.06. The van der Waals surface area contributed by atoms with E-state index in [4.69, 9.17) is 16.3 Å². The second-order valence-corrected chi connectivity index (χ2v) is 8.98. The van der Waals surface area contributed by atoms with Gasteiger partial charge in [-0.25, -0.2) is 18.2 Å². The Bertz CT molecular complexity index is 1010. The molecule has 10 heteroatoms.